The van der Waals surface area contributed by atoms with Crippen LogP contribution in [0, 0.1) is 6.92 Å². The lowest BCUT2D eigenvalue weighted by atomic mass is 9.97. The van der Waals surface area contributed by atoms with Crippen LogP contribution in [0.5, 0.6) is 11.5 Å². The fourth-order valence-corrected chi connectivity index (χ4v) is 6.11. The van der Waals surface area contributed by atoms with E-state index < -0.39 is 15.6 Å². The number of nitrogens with zero attached hydrogens (tertiary/aromatic N) is 2. The molecule has 0 radical (unpaired) electrons. The second-order valence-electron chi connectivity index (χ2n) is 9.21. The van der Waals surface area contributed by atoms with Gasteiger partial charge in [0.1, 0.15) is 17.0 Å². The van der Waals surface area contributed by atoms with Crippen molar-refractivity contribution in [2.75, 3.05) is 0 Å². The van der Waals surface area contributed by atoms with Crippen molar-refractivity contribution >= 4 is 20.9 Å². The Labute approximate surface area is 204 Å². The van der Waals surface area contributed by atoms with E-state index in [9.17, 15) is 18.3 Å². The molecule has 1 fully saturated rings. The smallest absolute Gasteiger partial charge is 0.275 e. The number of rotatable bonds is 5. The van der Waals surface area contributed by atoms with E-state index in [2.05, 4.69) is 0 Å². The zero-order chi connectivity index (χ0) is 24.7. The maximum Gasteiger partial charge on any atom is 0.275 e. The normalized spacial score (nSPS) is 14.9. The summed E-state index contributed by atoms with van der Waals surface area (Å²) < 4.78 is 35.7. The molecule has 0 amide bonds. The summed E-state index contributed by atoms with van der Waals surface area (Å²) in [6.07, 6.45) is 8.52. The van der Waals surface area contributed by atoms with Crippen LogP contribution >= 0.6 is 0 Å². The van der Waals surface area contributed by atoms with Crippen molar-refractivity contribution in [2.24, 2.45) is 7.05 Å². The first kappa shape index (κ1) is 23.2. The highest BCUT2D eigenvalue weighted by Gasteiger charge is 2.25. The third-order valence-corrected chi connectivity index (χ3v) is 8.35. The van der Waals surface area contributed by atoms with E-state index in [1.807, 2.05) is 6.92 Å². The Hall–Kier alpha value is -3.52. The highest BCUT2D eigenvalue weighted by atomic mass is 32.2. The van der Waals surface area contributed by atoms with Gasteiger partial charge < -0.3 is 14.4 Å². The van der Waals surface area contributed by atoms with Crippen molar-refractivity contribution in [1.29, 1.82) is 0 Å². The number of phenols is 1. The fourth-order valence-electron chi connectivity index (χ4n) is 4.76. The van der Waals surface area contributed by atoms with Gasteiger partial charge in [0.2, 0.25) is 0 Å². The Morgan fingerprint density at radius 1 is 0.971 bits per heavy atom. The molecule has 8 heteroatoms. The minimum atomic E-state index is -4.00. The van der Waals surface area contributed by atoms with Crippen LogP contribution in [0.15, 0.2) is 70.6 Å². The molecule has 2 aromatic heterocycles. The van der Waals surface area contributed by atoms with Gasteiger partial charge in [-0.15, -0.1) is 0 Å². The quantitative estimate of drug-likeness (QED) is 0.425. The van der Waals surface area contributed by atoms with Gasteiger partial charge in [0.15, 0.2) is 0 Å². The van der Waals surface area contributed by atoms with E-state index in [1.165, 1.54) is 29.3 Å². The van der Waals surface area contributed by atoms with Crippen molar-refractivity contribution < 1.29 is 18.3 Å². The first-order valence-corrected chi connectivity index (χ1v) is 13.2. The lowest BCUT2D eigenvalue weighted by Gasteiger charge is -2.24. The van der Waals surface area contributed by atoms with Crippen LogP contribution in [0.4, 0.5) is 0 Å². The molecule has 35 heavy (non-hydrogen) atoms. The minimum absolute atomic E-state index is 0.0533. The first-order valence-electron chi connectivity index (χ1n) is 11.8. The summed E-state index contributed by atoms with van der Waals surface area (Å²) in [6.45, 7) is 1.88. The molecule has 2 heterocycles. The molecule has 1 saturated carbocycles. The number of aromatic nitrogens is 2. The van der Waals surface area contributed by atoms with Crippen LogP contribution in [0.2, 0.25) is 0 Å². The Bertz CT molecular complexity index is 1560. The molecule has 1 N–H and O–H groups in total. The number of benzene rings is 2. The number of fused-ring (bicyclic) bond motifs is 1. The highest BCUT2D eigenvalue weighted by Crippen LogP contribution is 2.39. The molecule has 0 unspecified atom stereocenters. The minimum Gasteiger partial charge on any atom is -0.508 e. The standard InChI is InChI=1S/C27H28N2O5S/c1-18-8-11-21(12-9-18)35(32,33)29-15-14-22-24(17-28(2)27(31)26(22)29)23-16-19(30)10-13-25(23)34-20-6-4-3-5-7-20/h8-17,20,30H,3-7H2,1-2H3. The lowest BCUT2D eigenvalue weighted by molar-refractivity contribution is 0.155. The summed E-state index contributed by atoms with van der Waals surface area (Å²) in [7, 11) is -2.41. The van der Waals surface area contributed by atoms with Crippen LogP contribution < -0.4 is 10.3 Å². The van der Waals surface area contributed by atoms with E-state index in [4.69, 9.17) is 4.74 Å². The van der Waals surface area contributed by atoms with Gasteiger partial charge >= 0.3 is 0 Å². The Kier molecular flexibility index (Phi) is 5.92. The molecule has 1 aliphatic carbocycles. The number of ether oxygens (including phenoxy) is 1. The molecule has 182 valence electrons. The van der Waals surface area contributed by atoms with Crippen LogP contribution in [-0.2, 0) is 17.1 Å². The topological polar surface area (TPSA) is 90.5 Å². The van der Waals surface area contributed by atoms with Gasteiger partial charge in [-0.3, -0.25) is 4.79 Å². The van der Waals surface area contributed by atoms with Crippen LogP contribution in [-0.4, -0.2) is 28.2 Å². The molecule has 2 aromatic carbocycles. The molecule has 0 bridgehead atoms. The van der Waals surface area contributed by atoms with Gasteiger partial charge in [0, 0.05) is 36.0 Å². The molecule has 5 rings (SSSR count). The van der Waals surface area contributed by atoms with E-state index in [-0.39, 0.29) is 22.3 Å². The lowest BCUT2D eigenvalue weighted by Crippen LogP contribution is -2.22. The monoisotopic (exact) mass is 492 g/mol. The molecule has 0 spiro atoms. The number of phenolic OH excluding ortho intramolecular Hbond substituents is 1. The van der Waals surface area contributed by atoms with Crippen molar-refractivity contribution in [3.05, 3.63) is 76.8 Å². The predicted octanol–water partition coefficient (Wildman–Crippen LogP) is 4.97. The summed E-state index contributed by atoms with van der Waals surface area (Å²) in [4.78, 5) is 13.3. The van der Waals surface area contributed by atoms with Crippen LogP contribution in [0.25, 0.3) is 22.0 Å². The second kappa shape index (κ2) is 8.92. The molecular formula is C27H28N2O5S. The molecular weight excluding hydrogens is 464 g/mol. The van der Waals surface area contributed by atoms with Gasteiger partial charge in [-0.25, -0.2) is 12.4 Å². The van der Waals surface area contributed by atoms with Gasteiger partial charge in [0.25, 0.3) is 15.6 Å². The summed E-state index contributed by atoms with van der Waals surface area (Å²) in [5.41, 5.74) is 1.79. The predicted molar refractivity (Wildman–Crippen MR) is 136 cm³/mol. The summed E-state index contributed by atoms with van der Waals surface area (Å²) in [6, 6.07) is 13.1. The number of hydrogen-bond acceptors (Lipinski definition) is 5. The molecule has 0 atom stereocenters. The SMILES string of the molecule is Cc1ccc(S(=O)(=O)n2ccc3c(-c4cc(O)ccc4OC4CCCCC4)cn(C)c(=O)c32)cc1. The largest absolute Gasteiger partial charge is 0.508 e. The molecule has 1 aliphatic rings. The van der Waals surface area contributed by atoms with Crippen molar-refractivity contribution in [3.63, 3.8) is 0 Å². The van der Waals surface area contributed by atoms with Crippen LogP contribution in [0.3, 0.4) is 0 Å². The van der Waals surface area contributed by atoms with E-state index in [0.717, 1.165) is 35.2 Å². The second-order valence-corrected chi connectivity index (χ2v) is 11.0. The van der Waals surface area contributed by atoms with Crippen LogP contribution in [0.1, 0.15) is 37.7 Å². The number of aromatic hydroxyl groups is 1. The van der Waals surface area contributed by atoms with E-state index in [1.54, 1.807) is 49.6 Å². The van der Waals surface area contributed by atoms with Gasteiger partial charge in [0.05, 0.1) is 11.0 Å². The molecule has 7 nitrogen and oxygen atoms in total. The average Bonchev–Trinajstić information content (AvgIpc) is 3.30. The van der Waals surface area contributed by atoms with Crippen molar-refractivity contribution in [2.45, 2.75) is 50.0 Å². The van der Waals surface area contributed by atoms with Gasteiger partial charge in [-0.05, 0) is 69.0 Å². The first-order chi connectivity index (χ1) is 16.8. The highest BCUT2D eigenvalue weighted by molar-refractivity contribution is 7.90. The average molecular weight is 493 g/mol. The molecule has 4 aromatic rings. The van der Waals surface area contributed by atoms with E-state index in [0.29, 0.717) is 22.3 Å². The summed E-state index contributed by atoms with van der Waals surface area (Å²) in [5, 5.41) is 10.8. The number of hydrogen-bond donors (Lipinski definition) is 1. The fraction of sp³-hybridized carbons (Fsp3) is 0.296. The third-order valence-electron chi connectivity index (χ3n) is 6.66. The zero-order valence-corrected chi connectivity index (χ0v) is 20.6. The Morgan fingerprint density at radius 3 is 2.40 bits per heavy atom. The molecule has 0 saturated heterocycles. The van der Waals surface area contributed by atoms with E-state index >= 15 is 0 Å². The zero-order valence-electron chi connectivity index (χ0n) is 19.8. The van der Waals surface area contributed by atoms with Gasteiger partial charge in [-0.1, -0.05) is 24.1 Å². The van der Waals surface area contributed by atoms with Crippen molar-refractivity contribution in [1.82, 2.24) is 8.54 Å². The maximum absolute atomic E-state index is 13.5. The molecule has 0 aliphatic heterocycles. The van der Waals surface area contributed by atoms with Gasteiger partial charge in [-0.2, -0.15) is 0 Å². The summed E-state index contributed by atoms with van der Waals surface area (Å²) in [5.74, 6) is 0.661. The summed E-state index contributed by atoms with van der Waals surface area (Å²) >= 11 is 0. The number of pyridine rings is 1. The Balaban J connectivity index is 1.70. The number of aryl methyl sites for hydroxylation is 2. The van der Waals surface area contributed by atoms with Crippen molar-refractivity contribution in [3.8, 4) is 22.6 Å². The third kappa shape index (κ3) is 4.23. The Morgan fingerprint density at radius 2 is 1.69 bits per heavy atom. The maximum atomic E-state index is 13.5.